The van der Waals surface area contributed by atoms with E-state index in [4.69, 9.17) is 0 Å². The summed E-state index contributed by atoms with van der Waals surface area (Å²) < 4.78 is 0. The summed E-state index contributed by atoms with van der Waals surface area (Å²) in [7, 11) is 2.01. The molecule has 11 heavy (non-hydrogen) atoms. The third-order valence-electron chi connectivity index (χ3n) is 1.52. The van der Waals surface area contributed by atoms with Gasteiger partial charge in [-0.05, 0) is 19.7 Å². The fourth-order valence-electron chi connectivity index (χ4n) is 0.600. The zero-order valence-electron chi connectivity index (χ0n) is 7.26. The summed E-state index contributed by atoms with van der Waals surface area (Å²) in [6, 6.07) is 0. The van der Waals surface area contributed by atoms with Crippen LogP contribution in [0.25, 0.3) is 0 Å². The molecule has 0 aliphatic carbocycles. The van der Waals surface area contributed by atoms with Gasteiger partial charge in [-0.25, -0.2) is 0 Å². The molecule has 0 aliphatic rings. The molecule has 0 aromatic heterocycles. The fraction of sp³-hybridized carbons (Fsp3) is 0.625. The van der Waals surface area contributed by atoms with Gasteiger partial charge in [0, 0.05) is 13.1 Å². The summed E-state index contributed by atoms with van der Waals surface area (Å²) in [5.74, 6) is -0.102. The molecule has 1 amide bonds. The van der Waals surface area contributed by atoms with E-state index in [1.807, 2.05) is 7.05 Å². The second-order valence-corrected chi connectivity index (χ2v) is 2.39. The summed E-state index contributed by atoms with van der Waals surface area (Å²) in [5, 5.41) is 2.70. The topological polar surface area (TPSA) is 32.3 Å². The summed E-state index contributed by atoms with van der Waals surface area (Å²) in [5.41, 5.74) is 0. The van der Waals surface area contributed by atoms with Crippen LogP contribution >= 0.6 is 0 Å². The molecule has 0 heterocycles. The second-order valence-electron chi connectivity index (χ2n) is 2.39. The molecular weight excluding hydrogens is 140 g/mol. The minimum Gasteiger partial charge on any atom is -0.351 e. The number of likely N-dealkylation sites (N-methyl/N-ethyl adjacent to an activating group) is 1. The Hall–Kier alpha value is -0.830. The summed E-state index contributed by atoms with van der Waals surface area (Å²) in [6.07, 6.45) is 1.28. The number of carbonyl (C=O) groups excluding carboxylic acids is 1. The molecule has 0 rings (SSSR count). The SMILES string of the molecule is C=CC(=O)NCCN(C)CC. The molecule has 3 nitrogen and oxygen atoms in total. The van der Waals surface area contributed by atoms with Crippen molar-refractivity contribution >= 4 is 5.91 Å². The molecule has 0 fully saturated rings. The lowest BCUT2D eigenvalue weighted by Crippen LogP contribution is -2.31. The van der Waals surface area contributed by atoms with Gasteiger partial charge >= 0.3 is 0 Å². The van der Waals surface area contributed by atoms with E-state index >= 15 is 0 Å². The number of hydrogen-bond acceptors (Lipinski definition) is 2. The maximum atomic E-state index is 10.6. The van der Waals surface area contributed by atoms with Crippen LogP contribution in [-0.2, 0) is 4.79 Å². The van der Waals surface area contributed by atoms with E-state index in [-0.39, 0.29) is 5.91 Å². The molecule has 0 radical (unpaired) electrons. The molecule has 0 aromatic carbocycles. The van der Waals surface area contributed by atoms with Gasteiger partial charge in [0.05, 0.1) is 0 Å². The van der Waals surface area contributed by atoms with Crippen molar-refractivity contribution in [3.8, 4) is 0 Å². The lowest BCUT2D eigenvalue weighted by atomic mass is 10.5. The van der Waals surface area contributed by atoms with Gasteiger partial charge in [-0.1, -0.05) is 13.5 Å². The van der Waals surface area contributed by atoms with Crippen molar-refractivity contribution in [1.29, 1.82) is 0 Å². The van der Waals surface area contributed by atoms with Crippen LogP contribution in [0.2, 0.25) is 0 Å². The van der Waals surface area contributed by atoms with Crippen LogP contribution in [0.15, 0.2) is 12.7 Å². The molecule has 0 spiro atoms. The Morgan fingerprint density at radius 1 is 1.73 bits per heavy atom. The average molecular weight is 156 g/mol. The Morgan fingerprint density at radius 3 is 2.82 bits per heavy atom. The Labute approximate surface area is 68.1 Å². The van der Waals surface area contributed by atoms with Crippen molar-refractivity contribution < 1.29 is 4.79 Å². The van der Waals surface area contributed by atoms with Crippen LogP contribution in [0.5, 0.6) is 0 Å². The Balaban J connectivity index is 3.26. The molecule has 0 saturated carbocycles. The van der Waals surface area contributed by atoms with Crippen molar-refractivity contribution in [2.24, 2.45) is 0 Å². The molecular formula is C8H16N2O. The summed E-state index contributed by atoms with van der Waals surface area (Å²) >= 11 is 0. The lowest BCUT2D eigenvalue weighted by Gasteiger charge is -2.12. The quantitative estimate of drug-likeness (QED) is 0.578. The Morgan fingerprint density at radius 2 is 2.36 bits per heavy atom. The summed E-state index contributed by atoms with van der Waals surface area (Å²) in [4.78, 5) is 12.8. The number of nitrogens with zero attached hydrogens (tertiary/aromatic N) is 1. The number of amides is 1. The van der Waals surface area contributed by atoms with Gasteiger partial charge in [0.15, 0.2) is 0 Å². The van der Waals surface area contributed by atoms with E-state index in [1.54, 1.807) is 0 Å². The third kappa shape index (κ3) is 5.61. The predicted molar refractivity (Wildman–Crippen MR) is 46.4 cm³/mol. The smallest absolute Gasteiger partial charge is 0.243 e. The van der Waals surface area contributed by atoms with Crippen LogP contribution in [0.1, 0.15) is 6.92 Å². The molecule has 0 aromatic rings. The Kier molecular flexibility index (Phi) is 5.47. The van der Waals surface area contributed by atoms with Gasteiger partial charge in [0.1, 0.15) is 0 Å². The first-order chi connectivity index (χ1) is 5.20. The molecule has 0 atom stereocenters. The van der Waals surface area contributed by atoms with Crippen LogP contribution in [-0.4, -0.2) is 37.5 Å². The highest BCUT2D eigenvalue weighted by molar-refractivity contribution is 5.86. The van der Waals surface area contributed by atoms with Crippen LogP contribution in [0, 0.1) is 0 Å². The lowest BCUT2D eigenvalue weighted by molar-refractivity contribution is -0.116. The first-order valence-corrected chi connectivity index (χ1v) is 3.79. The first-order valence-electron chi connectivity index (χ1n) is 3.79. The molecule has 0 bridgehead atoms. The van der Waals surface area contributed by atoms with Crippen molar-refractivity contribution in [2.75, 3.05) is 26.7 Å². The van der Waals surface area contributed by atoms with Gasteiger partial charge in [-0.2, -0.15) is 0 Å². The van der Waals surface area contributed by atoms with Gasteiger partial charge in [0.2, 0.25) is 5.91 Å². The molecule has 0 aliphatic heterocycles. The fourth-order valence-corrected chi connectivity index (χ4v) is 0.600. The van der Waals surface area contributed by atoms with Gasteiger partial charge in [0.25, 0.3) is 0 Å². The second kappa shape index (κ2) is 5.92. The van der Waals surface area contributed by atoms with E-state index in [1.165, 1.54) is 6.08 Å². The number of hydrogen-bond donors (Lipinski definition) is 1. The van der Waals surface area contributed by atoms with Crippen molar-refractivity contribution in [3.63, 3.8) is 0 Å². The van der Waals surface area contributed by atoms with Gasteiger partial charge in [-0.15, -0.1) is 0 Å². The zero-order valence-corrected chi connectivity index (χ0v) is 7.26. The molecule has 64 valence electrons. The minimum atomic E-state index is -0.102. The minimum absolute atomic E-state index is 0.102. The maximum absolute atomic E-state index is 10.6. The number of rotatable bonds is 5. The Bertz CT molecular complexity index is 134. The molecule has 3 heteroatoms. The monoisotopic (exact) mass is 156 g/mol. The number of carbonyl (C=O) groups is 1. The highest BCUT2D eigenvalue weighted by Crippen LogP contribution is 1.77. The average Bonchev–Trinajstić information content (AvgIpc) is 2.04. The summed E-state index contributed by atoms with van der Waals surface area (Å²) in [6.45, 7) is 8.01. The van der Waals surface area contributed by atoms with Crippen LogP contribution in [0.3, 0.4) is 0 Å². The highest BCUT2D eigenvalue weighted by atomic mass is 16.1. The van der Waals surface area contributed by atoms with Crippen LogP contribution < -0.4 is 5.32 Å². The molecule has 0 saturated heterocycles. The predicted octanol–water partition coefficient (Wildman–Crippen LogP) is 0.240. The van der Waals surface area contributed by atoms with E-state index in [2.05, 4.69) is 23.7 Å². The van der Waals surface area contributed by atoms with E-state index in [9.17, 15) is 4.79 Å². The van der Waals surface area contributed by atoms with E-state index in [0.29, 0.717) is 6.54 Å². The standard InChI is InChI=1S/C8H16N2O/c1-4-8(11)9-6-7-10(3)5-2/h4H,1,5-7H2,2-3H3,(H,9,11). The first kappa shape index (κ1) is 10.2. The van der Waals surface area contributed by atoms with Gasteiger partial charge in [-0.3, -0.25) is 4.79 Å². The van der Waals surface area contributed by atoms with Crippen molar-refractivity contribution in [3.05, 3.63) is 12.7 Å². The van der Waals surface area contributed by atoms with Gasteiger partial charge < -0.3 is 10.2 Å². The molecule has 0 unspecified atom stereocenters. The number of nitrogens with one attached hydrogen (secondary N) is 1. The van der Waals surface area contributed by atoms with Crippen molar-refractivity contribution in [1.82, 2.24) is 10.2 Å². The van der Waals surface area contributed by atoms with Crippen molar-refractivity contribution in [2.45, 2.75) is 6.92 Å². The third-order valence-corrected chi connectivity index (χ3v) is 1.52. The van der Waals surface area contributed by atoms with E-state index < -0.39 is 0 Å². The largest absolute Gasteiger partial charge is 0.351 e. The van der Waals surface area contributed by atoms with Crippen LogP contribution in [0.4, 0.5) is 0 Å². The maximum Gasteiger partial charge on any atom is 0.243 e. The molecule has 1 N–H and O–H groups in total. The highest BCUT2D eigenvalue weighted by Gasteiger charge is 1.95. The normalized spacial score (nSPS) is 9.73. The zero-order chi connectivity index (χ0) is 8.69. The van der Waals surface area contributed by atoms with E-state index in [0.717, 1.165) is 13.1 Å².